The molecule has 0 amide bonds. The SMILES string of the molecule is C=S(C)CC(F)(F)F. The summed E-state index contributed by atoms with van der Waals surface area (Å²) < 4.78 is 33.8. The third-order valence-corrected chi connectivity index (χ3v) is 1.23. The molecule has 0 fully saturated rings. The smallest absolute Gasteiger partial charge is 0.187 e. The van der Waals surface area contributed by atoms with Crippen molar-refractivity contribution in [1.82, 2.24) is 0 Å². The molecule has 0 spiro atoms. The van der Waals surface area contributed by atoms with Crippen LogP contribution >= 0.6 is 10.5 Å². The third kappa shape index (κ3) is 6.01. The van der Waals surface area contributed by atoms with Gasteiger partial charge in [-0.15, -0.1) is 0 Å². The van der Waals surface area contributed by atoms with Crippen LogP contribution in [0.5, 0.6) is 0 Å². The Balaban J connectivity index is 3.55. The Morgan fingerprint density at radius 2 is 1.88 bits per heavy atom. The van der Waals surface area contributed by atoms with E-state index in [0.29, 0.717) is 0 Å². The van der Waals surface area contributed by atoms with Crippen LogP contribution < -0.4 is 0 Å². The molecule has 0 heterocycles. The molecule has 1 atom stereocenters. The maximum atomic E-state index is 11.3. The molecule has 0 radical (unpaired) electrons. The van der Waals surface area contributed by atoms with Gasteiger partial charge in [-0.05, 0) is 6.26 Å². The van der Waals surface area contributed by atoms with Crippen molar-refractivity contribution >= 4 is 16.4 Å². The summed E-state index contributed by atoms with van der Waals surface area (Å²) in [5, 5.41) is 0. The van der Waals surface area contributed by atoms with Crippen molar-refractivity contribution in [2.75, 3.05) is 12.0 Å². The molecule has 0 aliphatic rings. The van der Waals surface area contributed by atoms with E-state index in [9.17, 15) is 13.2 Å². The fourth-order valence-electron chi connectivity index (χ4n) is 0.279. The molecule has 0 aliphatic heterocycles. The third-order valence-electron chi connectivity index (χ3n) is 0.410. The zero-order chi connectivity index (χ0) is 6.78. The van der Waals surface area contributed by atoms with E-state index in [2.05, 4.69) is 5.87 Å². The quantitative estimate of drug-likeness (QED) is 0.493. The number of alkyl halides is 3. The molecule has 0 aliphatic carbocycles. The van der Waals surface area contributed by atoms with Gasteiger partial charge in [0.25, 0.3) is 0 Å². The molecule has 0 bridgehead atoms. The van der Waals surface area contributed by atoms with E-state index in [4.69, 9.17) is 0 Å². The van der Waals surface area contributed by atoms with E-state index in [1.807, 2.05) is 0 Å². The first-order valence-electron chi connectivity index (χ1n) is 1.91. The van der Waals surface area contributed by atoms with E-state index in [0.717, 1.165) is 0 Å². The molecule has 0 saturated carbocycles. The van der Waals surface area contributed by atoms with E-state index in [1.165, 1.54) is 6.26 Å². The summed E-state index contributed by atoms with van der Waals surface area (Å²) in [6.07, 6.45) is -2.56. The molecule has 4 heteroatoms. The Bertz CT molecular complexity index is 93.9. The van der Waals surface area contributed by atoms with Crippen molar-refractivity contribution in [3.05, 3.63) is 0 Å². The largest absolute Gasteiger partial charge is 0.397 e. The van der Waals surface area contributed by atoms with Gasteiger partial charge in [-0.3, -0.25) is 0 Å². The zero-order valence-electron chi connectivity index (χ0n) is 4.46. The molecule has 1 unspecified atom stereocenters. The summed E-state index contributed by atoms with van der Waals surface area (Å²) in [5.74, 6) is 2.47. The van der Waals surface area contributed by atoms with Gasteiger partial charge < -0.3 is 0 Å². The molecule has 0 aromatic rings. The standard InChI is InChI=1S/C4H7F3S/c1-8(2)3-4(5,6)7/h1,3H2,2H3. The van der Waals surface area contributed by atoms with Gasteiger partial charge in [0.15, 0.2) is 0 Å². The Kier molecular flexibility index (Phi) is 2.53. The number of hydrogen-bond acceptors (Lipinski definition) is 0. The second-order valence-corrected chi connectivity index (χ2v) is 3.39. The second-order valence-electron chi connectivity index (χ2n) is 1.54. The molecule has 0 nitrogen and oxygen atoms in total. The predicted molar refractivity (Wildman–Crippen MR) is 31.6 cm³/mol. The second kappa shape index (κ2) is 2.53. The summed E-state index contributed by atoms with van der Waals surface area (Å²) in [5.41, 5.74) is 0. The fourth-order valence-corrected chi connectivity index (χ4v) is 0.838. The minimum absolute atomic E-state index is 0.757. The molecule has 0 aromatic carbocycles. The van der Waals surface area contributed by atoms with E-state index < -0.39 is 22.4 Å². The van der Waals surface area contributed by atoms with E-state index in [-0.39, 0.29) is 0 Å². The average Bonchev–Trinajstić information content (AvgIpc) is 1.21. The molecule has 0 rings (SSSR count). The predicted octanol–water partition coefficient (Wildman–Crippen LogP) is 1.88. The highest BCUT2D eigenvalue weighted by molar-refractivity contribution is 8.13. The molecule has 8 heavy (non-hydrogen) atoms. The van der Waals surface area contributed by atoms with Crippen LogP contribution in [0.3, 0.4) is 0 Å². The highest BCUT2D eigenvalue weighted by atomic mass is 32.2. The van der Waals surface area contributed by atoms with Crippen LogP contribution in [-0.4, -0.2) is 24.1 Å². The molecular formula is C4H7F3S. The topological polar surface area (TPSA) is 0 Å². The van der Waals surface area contributed by atoms with Crippen molar-refractivity contribution in [3.63, 3.8) is 0 Å². The fraction of sp³-hybridized carbons (Fsp3) is 0.750. The van der Waals surface area contributed by atoms with Crippen molar-refractivity contribution in [2.24, 2.45) is 0 Å². The van der Waals surface area contributed by atoms with Crippen LogP contribution in [0.4, 0.5) is 13.2 Å². The lowest BCUT2D eigenvalue weighted by molar-refractivity contribution is -0.105. The molecule has 0 saturated heterocycles. The molecule has 50 valence electrons. The van der Waals surface area contributed by atoms with Gasteiger partial charge in [0.1, 0.15) is 0 Å². The van der Waals surface area contributed by atoms with E-state index >= 15 is 0 Å². The van der Waals surface area contributed by atoms with Crippen LogP contribution in [-0.2, 0) is 0 Å². The van der Waals surface area contributed by atoms with Crippen LogP contribution in [0, 0.1) is 0 Å². The van der Waals surface area contributed by atoms with Crippen molar-refractivity contribution in [3.8, 4) is 0 Å². The maximum absolute atomic E-state index is 11.3. The van der Waals surface area contributed by atoms with Crippen molar-refractivity contribution in [2.45, 2.75) is 6.18 Å². The highest BCUT2D eigenvalue weighted by Crippen LogP contribution is 2.21. The molecule has 0 aromatic heterocycles. The summed E-state index contributed by atoms with van der Waals surface area (Å²) in [6, 6.07) is 0. The number of hydrogen-bond donors (Lipinski definition) is 0. The minimum Gasteiger partial charge on any atom is -0.187 e. The van der Waals surface area contributed by atoms with Crippen molar-refractivity contribution < 1.29 is 13.2 Å². The van der Waals surface area contributed by atoms with Crippen molar-refractivity contribution in [1.29, 1.82) is 0 Å². The van der Waals surface area contributed by atoms with E-state index in [1.54, 1.807) is 0 Å². The first kappa shape index (κ1) is 8.01. The number of rotatable bonds is 1. The Morgan fingerprint density at radius 1 is 1.50 bits per heavy atom. The lowest BCUT2D eigenvalue weighted by atomic mass is 10.8. The van der Waals surface area contributed by atoms with Gasteiger partial charge in [-0.25, -0.2) is 0 Å². The van der Waals surface area contributed by atoms with Gasteiger partial charge in [-0.1, -0.05) is 5.87 Å². The Morgan fingerprint density at radius 3 is 1.88 bits per heavy atom. The monoisotopic (exact) mass is 144 g/mol. The average molecular weight is 144 g/mol. The summed E-state index contributed by atoms with van der Waals surface area (Å²) in [6.45, 7) is 0. The normalized spacial score (nSPS) is 16.0. The first-order valence-corrected chi connectivity index (χ1v) is 3.88. The van der Waals surface area contributed by atoms with Crippen LogP contribution in [0.15, 0.2) is 0 Å². The Hall–Kier alpha value is 0.01000. The Labute approximate surface area is 48.6 Å². The highest BCUT2D eigenvalue weighted by Gasteiger charge is 2.26. The summed E-state index contributed by atoms with van der Waals surface area (Å²) in [4.78, 5) is 0. The summed E-state index contributed by atoms with van der Waals surface area (Å²) in [7, 11) is -0.760. The van der Waals surface area contributed by atoms with Gasteiger partial charge in [0.05, 0.1) is 5.75 Å². The summed E-state index contributed by atoms with van der Waals surface area (Å²) >= 11 is 0. The minimum atomic E-state index is -4.03. The first-order chi connectivity index (χ1) is 3.42. The zero-order valence-corrected chi connectivity index (χ0v) is 5.27. The lowest BCUT2D eigenvalue weighted by Gasteiger charge is -2.04. The van der Waals surface area contributed by atoms with Crippen LogP contribution in [0.1, 0.15) is 0 Å². The van der Waals surface area contributed by atoms with Gasteiger partial charge >= 0.3 is 6.18 Å². The molecular weight excluding hydrogens is 137 g/mol. The van der Waals surface area contributed by atoms with Crippen LogP contribution in [0.2, 0.25) is 0 Å². The maximum Gasteiger partial charge on any atom is 0.397 e. The van der Waals surface area contributed by atoms with Gasteiger partial charge in [-0.2, -0.15) is 23.7 Å². The molecule has 0 N–H and O–H groups in total. The lowest BCUT2D eigenvalue weighted by Crippen LogP contribution is -2.11. The van der Waals surface area contributed by atoms with Crippen LogP contribution in [0.25, 0.3) is 0 Å². The van der Waals surface area contributed by atoms with Gasteiger partial charge in [0, 0.05) is 0 Å². The van der Waals surface area contributed by atoms with Gasteiger partial charge in [0.2, 0.25) is 0 Å². The number of halogens is 3.